The summed E-state index contributed by atoms with van der Waals surface area (Å²) in [7, 11) is 0. The summed E-state index contributed by atoms with van der Waals surface area (Å²) in [6.45, 7) is 0. The molecular formula is C15H8ClN3O5. The maximum atomic E-state index is 12.3. The molecule has 24 heavy (non-hydrogen) atoms. The van der Waals surface area contributed by atoms with Crippen molar-refractivity contribution in [1.29, 1.82) is 0 Å². The highest BCUT2D eigenvalue weighted by Crippen LogP contribution is 2.27. The Morgan fingerprint density at radius 3 is 2.62 bits per heavy atom. The van der Waals surface area contributed by atoms with Crippen molar-refractivity contribution in [2.24, 2.45) is 0 Å². The number of fused-ring (bicyclic) bond motifs is 1. The number of nitro benzene ring substituents is 1. The number of nitrogens with one attached hydrogen (secondary N) is 2. The molecule has 120 valence electrons. The van der Waals surface area contributed by atoms with Crippen molar-refractivity contribution in [2.45, 2.75) is 0 Å². The molecule has 0 radical (unpaired) electrons. The van der Waals surface area contributed by atoms with E-state index in [-0.39, 0.29) is 27.4 Å². The fraction of sp³-hybridized carbons (Fsp3) is 0. The van der Waals surface area contributed by atoms with Gasteiger partial charge < -0.3 is 5.32 Å². The molecule has 1 heterocycles. The van der Waals surface area contributed by atoms with Crippen LogP contribution in [0, 0.1) is 10.1 Å². The second-order valence-corrected chi connectivity index (χ2v) is 5.30. The molecule has 8 nitrogen and oxygen atoms in total. The van der Waals surface area contributed by atoms with Gasteiger partial charge in [0.2, 0.25) is 0 Å². The van der Waals surface area contributed by atoms with Crippen LogP contribution < -0.4 is 10.6 Å². The zero-order chi connectivity index (χ0) is 17.4. The zero-order valence-corrected chi connectivity index (χ0v) is 12.6. The quantitative estimate of drug-likeness (QED) is 0.503. The van der Waals surface area contributed by atoms with Gasteiger partial charge in [-0.05, 0) is 24.3 Å². The molecular weight excluding hydrogens is 338 g/mol. The van der Waals surface area contributed by atoms with Gasteiger partial charge in [-0.1, -0.05) is 17.7 Å². The van der Waals surface area contributed by atoms with Crippen LogP contribution in [0.3, 0.4) is 0 Å². The minimum Gasteiger partial charge on any atom is -0.321 e. The first-order valence-corrected chi connectivity index (χ1v) is 7.00. The number of carbonyl (C=O) groups is 3. The number of anilines is 1. The smallest absolute Gasteiger partial charge is 0.288 e. The van der Waals surface area contributed by atoms with E-state index >= 15 is 0 Å². The van der Waals surface area contributed by atoms with Crippen molar-refractivity contribution in [2.75, 3.05) is 5.32 Å². The Bertz CT molecular complexity index is 925. The van der Waals surface area contributed by atoms with Gasteiger partial charge in [-0.15, -0.1) is 0 Å². The number of halogens is 1. The molecule has 0 saturated heterocycles. The first-order chi connectivity index (χ1) is 11.4. The largest absolute Gasteiger partial charge is 0.321 e. The maximum absolute atomic E-state index is 12.3. The SMILES string of the molecule is O=C(Nc1cccc2c1C(=O)NC2=O)c1ccc(Cl)c([N+](=O)[O-])c1. The second kappa shape index (κ2) is 5.74. The zero-order valence-electron chi connectivity index (χ0n) is 11.8. The molecule has 1 aliphatic heterocycles. The van der Waals surface area contributed by atoms with Crippen molar-refractivity contribution >= 4 is 40.7 Å². The van der Waals surface area contributed by atoms with Gasteiger partial charge in [-0.25, -0.2) is 0 Å². The van der Waals surface area contributed by atoms with Crippen LogP contribution >= 0.6 is 11.6 Å². The number of imide groups is 1. The number of hydrogen-bond acceptors (Lipinski definition) is 5. The van der Waals surface area contributed by atoms with E-state index < -0.39 is 28.3 Å². The number of hydrogen-bond donors (Lipinski definition) is 2. The lowest BCUT2D eigenvalue weighted by molar-refractivity contribution is -0.384. The monoisotopic (exact) mass is 345 g/mol. The lowest BCUT2D eigenvalue weighted by Gasteiger charge is -2.08. The van der Waals surface area contributed by atoms with Gasteiger partial charge in [0.1, 0.15) is 5.02 Å². The fourth-order valence-electron chi connectivity index (χ4n) is 2.31. The summed E-state index contributed by atoms with van der Waals surface area (Å²) in [6.07, 6.45) is 0. The topological polar surface area (TPSA) is 118 Å². The highest BCUT2D eigenvalue weighted by Gasteiger charge is 2.30. The van der Waals surface area contributed by atoms with Crippen molar-refractivity contribution in [1.82, 2.24) is 5.32 Å². The number of nitrogens with zero attached hydrogens (tertiary/aromatic N) is 1. The highest BCUT2D eigenvalue weighted by molar-refractivity contribution is 6.32. The molecule has 2 aromatic rings. The van der Waals surface area contributed by atoms with Crippen LogP contribution in [0.4, 0.5) is 11.4 Å². The van der Waals surface area contributed by atoms with Crippen LogP contribution in [0.15, 0.2) is 36.4 Å². The minimum atomic E-state index is -0.703. The molecule has 2 aromatic carbocycles. The molecule has 0 saturated carbocycles. The van der Waals surface area contributed by atoms with Crippen LogP contribution in [0.5, 0.6) is 0 Å². The number of benzene rings is 2. The van der Waals surface area contributed by atoms with E-state index in [1.807, 2.05) is 0 Å². The van der Waals surface area contributed by atoms with Gasteiger partial charge in [-0.3, -0.25) is 29.8 Å². The van der Waals surface area contributed by atoms with Gasteiger partial charge >= 0.3 is 0 Å². The van der Waals surface area contributed by atoms with Crippen molar-refractivity contribution in [3.8, 4) is 0 Å². The van der Waals surface area contributed by atoms with E-state index in [2.05, 4.69) is 10.6 Å². The normalized spacial score (nSPS) is 12.5. The molecule has 0 aromatic heterocycles. The van der Waals surface area contributed by atoms with Gasteiger partial charge in [-0.2, -0.15) is 0 Å². The summed E-state index contributed by atoms with van der Waals surface area (Å²) in [5.41, 5.74) is -0.0679. The number of carbonyl (C=O) groups excluding carboxylic acids is 3. The molecule has 1 aliphatic rings. The lowest BCUT2D eigenvalue weighted by atomic mass is 10.1. The average molecular weight is 346 g/mol. The van der Waals surface area contributed by atoms with E-state index in [0.29, 0.717) is 0 Å². The Morgan fingerprint density at radius 1 is 1.17 bits per heavy atom. The van der Waals surface area contributed by atoms with Crippen molar-refractivity contribution in [3.05, 3.63) is 68.2 Å². The standard InChI is InChI=1S/C15H8ClN3O5/c16-9-5-4-7(6-11(9)19(23)24)13(20)17-10-3-1-2-8-12(10)15(22)18-14(8)21/h1-6H,(H,17,20)(H,18,21,22). The van der Waals surface area contributed by atoms with Gasteiger partial charge in [0.15, 0.2) is 0 Å². The highest BCUT2D eigenvalue weighted by atomic mass is 35.5. The summed E-state index contributed by atoms with van der Waals surface area (Å²) in [5, 5.41) is 15.4. The third-order valence-corrected chi connectivity index (χ3v) is 3.74. The van der Waals surface area contributed by atoms with E-state index in [9.17, 15) is 24.5 Å². The summed E-state index contributed by atoms with van der Waals surface area (Å²) in [6, 6.07) is 8.01. The van der Waals surface area contributed by atoms with E-state index in [0.717, 1.165) is 6.07 Å². The van der Waals surface area contributed by atoms with Gasteiger partial charge in [0.05, 0.1) is 21.7 Å². The minimum absolute atomic E-state index is 0.00608. The Balaban J connectivity index is 1.95. The van der Waals surface area contributed by atoms with Crippen LogP contribution in [-0.2, 0) is 0 Å². The molecule has 2 N–H and O–H groups in total. The third kappa shape index (κ3) is 2.59. The maximum Gasteiger partial charge on any atom is 0.288 e. The van der Waals surface area contributed by atoms with Crippen molar-refractivity contribution in [3.63, 3.8) is 0 Å². The predicted octanol–water partition coefficient (Wildman–Crippen LogP) is 2.38. The molecule has 3 amide bonds. The molecule has 9 heteroatoms. The Labute approximate surface area is 139 Å². The average Bonchev–Trinajstić information content (AvgIpc) is 2.83. The first-order valence-electron chi connectivity index (χ1n) is 6.62. The number of amides is 3. The summed E-state index contributed by atoms with van der Waals surface area (Å²) in [4.78, 5) is 45.9. The molecule has 0 atom stereocenters. The number of nitro groups is 1. The summed E-state index contributed by atoms with van der Waals surface area (Å²) in [5.74, 6) is -1.84. The first kappa shape index (κ1) is 15.6. The lowest BCUT2D eigenvalue weighted by Crippen LogP contribution is -2.21. The van der Waals surface area contributed by atoms with E-state index in [1.54, 1.807) is 0 Å². The van der Waals surface area contributed by atoms with E-state index in [4.69, 9.17) is 11.6 Å². The van der Waals surface area contributed by atoms with Gasteiger partial charge in [0.25, 0.3) is 23.4 Å². The Hall–Kier alpha value is -3.26. The Morgan fingerprint density at radius 2 is 1.92 bits per heavy atom. The van der Waals surface area contributed by atoms with Gasteiger partial charge in [0, 0.05) is 11.6 Å². The van der Waals surface area contributed by atoms with Crippen LogP contribution in [0.25, 0.3) is 0 Å². The van der Waals surface area contributed by atoms with E-state index in [1.165, 1.54) is 30.3 Å². The molecule has 0 fully saturated rings. The number of rotatable bonds is 3. The Kier molecular flexibility index (Phi) is 3.74. The van der Waals surface area contributed by atoms with Crippen LogP contribution in [0.1, 0.15) is 31.1 Å². The van der Waals surface area contributed by atoms with Crippen LogP contribution in [0.2, 0.25) is 5.02 Å². The summed E-state index contributed by atoms with van der Waals surface area (Å²) < 4.78 is 0. The predicted molar refractivity (Wildman–Crippen MR) is 84.3 cm³/mol. The molecule has 0 aliphatic carbocycles. The van der Waals surface area contributed by atoms with Crippen molar-refractivity contribution < 1.29 is 19.3 Å². The second-order valence-electron chi connectivity index (χ2n) is 4.89. The third-order valence-electron chi connectivity index (χ3n) is 3.42. The molecule has 0 spiro atoms. The fourth-order valence-corrected chi connectivity index (χ4v) is 2.50. The molecule has 0 unspecified atom stereocenters. The summed E-state index contributed by atoms with van der Waals surface area (Å²) >= 11 is 5.70. The molecule has 0 bridgehead atoms. The molecule has 3 rings (SSSR count). The van der Waals surface area contributed by atoms with Crippen LogP contribution in [-0.4, -0.2) is 22.6 Å².